The molecule has 2 rings (SSSR count). The molecule has 0 aliphatic rings. The number of rotatable bonds is 6. The molecular weight excluding hydrogens is 348 g/mol. The molecule has 0 aliphatic carbocycles. The highest BCUT2D eigenvalue weighted by Crippen LogP contribution is 2.19. The van der Waals surface area contributed by atoms with Gasteiger partial charge in [-0.1, -0.05) is 23.7 Å². The normalized spacial score (nSPS) is 10.2. The van der Waals surface area contributed by atoms with E-state index in [0.29, 0.717) is 10.6 Å². The van der Waals surface area contributed by atoms with E-state index < -0.39 is 23.4 Å². The molecule has 1 amide bonds. The zero-order valence-corrected chi connectivity index (χ0v) is 14.1. The van der Waals surface area contributed by atoms with Crippen LogP contribution in [-0.4, -0.2) is 23.4 Å². The van der Waals surface area contributed by atoms with Crippen LogP contribution in [0.15, 0.2) is 42.5 Å². The molecule has 0 saturated heterocycles. The number of hydrogen-bond donors (Lipinski definition) is 1. The molecular formula is C17H15ClN2O5. The van der Waals surface area contributed by atoms with Gasteiger partial charge >= 0.3 is 5.97 Å². The van der Waals surface area contributed by atoms with Crippen LogP contribution in [0, 0.1) is 17.0 Å². The molecule has 0 aromatic heterocycles. The molecule has 1 N–H and O–H groups in total. The van der Waals surface area contributed by atoms with Crippen LogP contribution in [0.2, 0.25) is 5.02 Å². The van der Waals surface area contributed by atoms with Gasteiger partial charge in [-0.15, -0.1) is 0 Å². The van der Waals surface area contributed by atoms with Crippen LogP contribution in [0.4, 0.5) is 5.69 Å². The predicted molar refractivity (Wildman–Crippen MR) is 91.4 cm³/mol. The summed E-state index contributed by atoms with van der Waals surface area (Å²) in [6.45, 7) is 1.36. The summed E-state index contributed by atoms with van der Waals surface area (Å²) in [6, 6.07) is 10.8. The first-order valence-electron chi connectivity index (χ1n) is 7.30. The third-order valence-corrected chi connectivity index (χ3v) is 3.62. The van der Waals surface area contributed by atoms with Crippen molar-refractivity contribution in [2.24, 2.45) is 0 Å². The maximum atomic E-state index is 11.9. The zero-order chi connectivity index (χ0) is 18.4. The summed E-state index contributed by atoms with van der Waals surface area (Å²) in [5.74, 6) is -1.18. The molecule has 0 atom stereocenters. The van der Waals surface area contributed by atoms with Gasteiger partial charge in [-0.3, -0.25) is 14.9 Å². The van der Waals surface area contributed by atoms with Crippen molar-refractivity contribution in [1.29, 1.82) is 0 Å². The van der Waals surface area contributed by atoms with E-state index in [1.807, 2.05) is 0 Å². The van der Waals surface area contributed by atoms with Crippen LogP contribution in [0.1, 0.15) is 21.5 Å². The van der Waals surface area contributed by atoms with Gasteiger partial charge in [0.15, 0.2) is 6.61 Å². The van der Waals surface area contributed by atoms with Gasteiger partial charge in [-0.05, 0) is 36.8 Å². The van der Waals surface area contributed by atoms with Gasteiger partial charge in [0.25, 0.3) is 11.6 Å². The van der Waals surface area contributed by atoms with E-state index in [-0.39, 0.29) is 17.8 Å². The number of nitrogens with zero attached hydrogens (tertiary/aromatic N) is 1. The van der Waals surface area contributed by atoms with E-state index in [1.165, 1.54) is 25.1 Å². The van der Waals surface area contributed by atoms with Crippen molar-refractivity contribution < 1.29 is 19.2 Å². The van der Waals surface area contributed by atoms with Gasteiger partial charge in [-0.2, -0.15) is 0 Å². The second-order valence-corrected chi connectivity index (χ2v) is 5.67. The van der Waals surface area contributed by atoms with Crippen LogP contribution in [0.5, 0.6) is 0 Å². The number of ether oxygens (including phenoxy) is 1. The largest absolute Gasteiger partial charge is 0.452 e. The van der Waals surface area contributed by atoms with Gasteiger partial charge in [0.05, 0.1) is 10.5 Å². The van der Waals surface area contributed by atoms with E-state index in [1.54, 1.807) is 24.3 Å². The Morgan fingerprint density at radius 3 is 2.48 bits per heavy atom. The monoisotopic (exact) mass is 362 g/mol. The topological polar surface area (TPSA) is 98.5 Å². The second kappa shape index (κ2) is 8.25. The zero-order valence-electron chi connectivity index (χ0n) is 13.3. The lowest BCUT2D eigenvalue weighted by atomic mass is 10.1. The molecule has 7 nitrogen and oxygen atoms in total. The molecule has 0 aliphatic heterocycles. The number of benzene rings is 2. The average molecular weight is 363 g/mol. The summed E-state index contributed by atoms with van der Waals surface area (Å²) in [4.78, 5) is 33.9. The number of esters is 1. The van der Waals surface area contributed by atoms with Crippen LogP contribution >= 0.6 is 11.6 Å². The van der Waals surface area contributed by atoms with Crippen molar-refractivity contribution >= 4 is 29.2 Å². The van der Waals surface area contributed by atoms with Gasteiger partial charge in [0.2, 0.25) is 0 Å². The molecule has 2 aromatic rings. The molecule has 0 radical (unpaired) electrons. The summed E-state index contributed by atoms with van der Waals surface area (Å²) in [7, 11) is 0. The van der Waals surface area contributed by atoms with Gasteiger partial charge < -0.3 is 10.1 Å². The Hall–Kier alpha value is -2.93. The first-order chi connectivity index (χ1) is 11.9. The Balaban J connectivity index is 1.84. The highest BCUT2D eigenvalue weighted by atomic mass is 35.5. The molecule has 0 heterocycles. The third kappa shape index (κ3) is 5.29. The molecule has 0 unspecified atom stereocenters. The predicted octanol–water partition coefficient (Wildman–Crippen LogP) is 3.03. The first-order valence-corrected chi connectivity index (χ1v) is 7.68. The Morgan fingerprint density at radius 2 is 1.88 bits per heavy atom. The van der Waals surface area contributed by atoms with Gasteiger partial charge in [0, 0.05) is 23.2 Å². The Bertz CT molecular complexity index is 805. The number of amides is 1. The highest BCUT2D eigenvalue weighted by Gasteiger charge is 2.15. The fourth-order valence-corrected chi connectivity index (χ4v) is 2.18. The highest BCUT2D eigenvalue weighted by molar-refractivity contribution is 6.30. The first kappa shape index (κ1) is 18.4. The number of halogens is 1. The Kier molecular flexibility index (Phi) is 6.08. The minimum atomic E-state index is -0.723. The maximum Gasteiger partial charge on any atom is 0.338 e. The Labute approximate surface area is 148 Å². The van der Waals surface area contributed by atoms with Crippen LogP contribution in [0.3, 0.4) is 0 Å². The van der Waals surface area contributed by atoms with Crippen LogP contribution < -0.4 is 5.32 Å². The van der Waals surface area contributed by atoms with Crippen LogP contribution in [-0.2, 0) is 16.1 Å². The van der Waals surface area contributed by atoms with Crippen molar-refractivity contribution in [3.8, 4) is 0 Å². The van der Waals surface area contributed by atoms with Gasteiger partial charge in [-0.25, -0.2) is 4.79 Å². The fraction of sp³-hybridized carbons (Fsp3) is 0.176. The van der Waals surface area contributed by atoms with E-state index in [9.17, 15) is 19.7 Å². The SMILES string of the molecule is Cc1cc(C(=O)OCC(=O)NCc2ccc(Cl)cc2)ccc1[N+](=O)[O-]. The number of nitro benzene ring substituents is 1. The molecule has 25 heavy (non-hydrogen) atoms. The number of aryl methyl sites for hydroxylation is 1. The van der Waals surface area contributed by atoms with Crippen molar-refractivity contribution in [2.75, 3.05) is 6.61 Å². The van der Waals surface area contributed by atoms with Crippen molar-refractivity contribution in [2.45, 2.75) is 13.5 Å². The molecule has 0 spiro atoms. The van der Waals surface area contributed by atoms with E-state index in [4.69, 9.17) is 16.3 Å². The lowest BCUT2D eigenvalue weighted by molar-refractivity contribution is -0.385. The van der Waals surface area contributed by atoms with E-state index in [2.05, 4.69) is 5.32 Å². The molecule has 0 saturated carbocycles. The molecule has 130 valence electrons. The lowest BCUT2D eigenvalue weighted by Gasteiger charge is -2.07. The van der Waals surface area contributed by atoms with E-state index >= 15 is 0 Å². The quantitative estimate of drug-likeness (QED) is 0.483. The second-order valence-electron chi connectivity index (χ2n) is 5.24. The molecule has 8 heteroatoms. The fourth-order valence-electron chi connectivity index (χ4n) is 2.06. The third-order valence-electron chi connectivity index (χ3n) is 3.37. The summed E-state index contributed by atoms with van der Waals surface area (Å²) in [5.41, 5.74) is 1.26. The minimum absolute atomic E-state index is 0.0859. The summed E-state index contributed by atoms with van der Waals surface area (Å²) in [6.07, 6.45) is 0. The lowest BCUT2D eigenvalue weighted by Crippen LogP contribution is -2.28. The number of nitro groups is 1. The number of carbonyl (C=O) groups excluding carboxylic acids is 2. The molecule has 2 aromatic carbocycles. The van der Waals surface area contributed by atoms with Crippen molar-refractivity contribution in [3.05, 3.63) is 74.3 Å². The number of carbonyl (C=O) groups is 2. The Morgan fingerprint density at radius 1 is 1.20 bits per heavy atom. The summed E-state index contributed by atoms with van der Waals surface area (Å²) < 4.78 is 4.91. The number of nitrogens with one attached hydrogen (secondary N) is 1. The summed E-state index contributed by atoms with van der Waals surface area (Å²) >= 11 is 5.77. The van der Waals surface area contributed by atoms with E-state index in [0.717, 1.165) is 5.56 Å². The average Bonchev–Trinajstić information content (AvgIpc) is 2.58. The standard InChI is InChI=1S/C17H15ClN2O5/c1-11-8-13(4-7-15(11)20(23)24)17(22)25-10-16(21)19-9-12-2-5-14(18)6-3-12/h2-8H,9-10H2,1H3,(H,19,21). The van der Waals surface area contributed by atoms with Crippen molar-refractivity contribution in [1.82, 2.24) is 5.32 Å². The smallest absolute Gasteiger partial charge is 0.338 e. The van der Waals surface area contributed by atoms with Gasteiger partial charge in [0.1, 0.15) is 0 Å². The summed E-state index contributed by atoms with van der Waals surface area (Å²) in [5, 5.41) is 14.0. The maximum absolute atomic E-state index is 11.9. The molecule has 0 fully saturated rings. The number of hydrogen-bond acceptors (Lipinski definition) is 5. The van der Waals surface area contributed by atoms with Crippen LogP contribution in [0.25, 0.3) is 0 Å². The minimum Gasteiger partial charge on any atom is -0.452 e. The van der Waals surface area contributed by atoms with Crippen molar-refractivity contribution in [3.63, 3.8) is 0 Å². The molecule has 0 bridgehead atoms.